The molecule has 1 amide bonds. The van der Waals surface area contributed by atoms with Crippen LogP contribution in [-0.4, -0.2) is 31.7 Å². The molecule has 11 heteroatoms. The topological polar surface area (TPSA) is 66.5 Å². The van der Waals surface area contributed by atoms with Gasteiger partial charge in [0.2, 0.25) is 15.9 Å². The summed E-state index contributed by atoms with van der Waals surface area (Å²) in [6, 6.07) is 7.62. The molecule has 0 radical (unpaired) electrons. The van der Waals surface area contributed by atoms with E-state index in [0.717, 1.165) is 16.4 Å². The minimum Gasteiger partial charge on any atom is -0.322 e. The summed E-state index contributed by atoms with van der Waals surface area (Å²) in [7, 11) is -4.18. The smallest absolute Gasteiger partial charge is 0.322 e. The van der Waals surface area contributed by atoms with Crippen LogP contribution >= 0.6 is 23.2 Å². The van der Waals surface area contributed by atoms with Crippen molar-refractivity contribution in [3.05, 3.63) is 58.1 Å². The normalized spacial score (nSPS) is 12.2. The number of sulfonamides is 1. The van der Waals surface area contributed by atoms with Crippen molar-refractivity contribution in [2.45, 2.75) is 18.0 Å². The Morgan fingerprint density at radius 2 is 1.61 bits per heavy atom. The number of carbonyl (C=O) groups is 1. The zero-order chi connectivity index (χ0) is 21.1. The molecule has 28 heavy (non-hydrogen) atoms. The Bertz CT molecular complexity index is 944. The Morgan fingerprint density at radius 3 is 2.07 bits per heavy atom. The molecule has 5 nitrogen and oxygen atoms in total. The van der Waals surface area contributed by atoms with Gasteiger partial charge in [0.1, 0.15) is 0 Å². The van der Waals surface area contributed by atoms with Crippen LogP contribution in [0, 0.1) is 0 Å². The first-order valence-corrected chi connectivity index (χ1v) is 10.1. The van der Waals surface area contributed by atoms with Crippen LogP contribution in [0.3, 0.4) is 0 Å². The Kier molecular flexibility index (Phi) is 6.97. The summed E-state index contributed by atoms with van der Waals surface area (Å²) in [5.74, 6) is -0.702. The monoisotopic (exact) mass is 454 g/mol. The maximum atomic E-state index is 12.7. The number of nitrogens with one attached hydrogen (secondary N) is 1. The van der Waals surface area contributed by atoms with Gasteiger partial charge < -0.3 is 5.32 Å². The molecule has 2 rings (SSSR count). The molecule has 0 fully saturated rings. The minimum atomic E-state index is -4.58. The molecule has 0 aromatic heterocycles. The van der Waals surface area contributed by atoms with Crippen molar-refractivity contribution in [2.24, 2.45) is 0 Å². The molecular formula is C17H15Cl2F3N2O3S. The lowest BCUT2D eigenvalue weighted by molar-refractivity contribution is -0.137. The van der Waals surface area contributed by atoms with E-state index >= 15 is 0 Å². The fraction of sp³-hybridized carbons (Fsp3) is 0.235. The molecule has 0 aliphatic rings. The maximum absolute atomic E-state index is 12.7. The number of nitrogens with zero attached hydrogens (tertiary/aromatic N) is 1. The van der Waals surface area contributed by atoms with Gasteiger partial charge >= 0.3 is 6.18 Å². The number of hydrogen-bond donors (Lipinski definition) is 1. The highest BCUT2D eigenvalue weighted by Gasteiger charge is 2.32. The van der Waals surface area contributed by atoms with Gasteiger partial charge in [-0.15, -0.1) is 0 Å². The predicted molar refractivity (Wildman–Crippen MR) is 101 cm³/mol. The van der Waals surface area contributed by atoms with Crippen molar-refractivity contribution in [1.82, 2.24) is 4.31 Å². The van der Waals surface area contributed by atoms with Gasteiger partial charge in [-0.25, -0.2) is 8.42 Å². The van der Waals surface area contributed by atoms with E-state index in [-0.39, 0.29) is 27.2 Å². The molecule has 0 heterocycles. The number of alkyl halides is 3. The Morgan fingerprint density at radius 1 is 1.07 bits per heavy atom. The third-order valence-corrected chi connectivity index (χ3v) is 6.28. The first-order chi connectivity index (χ1) is 13.0. The molecule has 0 bridgehead atoms. The average molecular weight is 455 g/mol. The summed E-state index contributed by atoms with van der Waals surface area (Å²) in [5, 5.41) is 2.79. The van der Waals surface area contributed by atoms with Gasteiger partial charge in [-0.2, -0.15) is 17.5 Å². The largest absolute Gasteiger partial charge is 0.416 e. The van der Waals surface area contributed by atoms with Crippen LogP contribution in [0.15, 0.2) is 47.4 Å². The first-order valence-electron chi connectivity index (χ1n) is 7.88. The molecule has 152 valence electrons. The van der Waals surface area contributed by atoms with Crippen molar-refractivity contribution in [1.29, 1.82) is 0 Å². The molecule has 2 aromatic rings. The highest BCUT2D eigenvalue weighted by atomic mass is 35.5. The quantitative estimate of drug-likeness (QED) is 0.689. The fourth-order valence-electron chi connectivity index (χ4n) is 2.29. The highest BCUT2D eigenvalue weighted by molar-refractivity contribution is 7.89. The summed E-state index contributed by atoms with van der Waals surface area (Å²) in [5.41, 5.74) is -0.834. The lowest BCUT2D eigenvalue weighted by Crippen LogP contribution is -2.37. The number of amides is 1. The molecule has 0 unspecified atom stereocenters. The highest BCUT2D eigenvalue weighted by Crippen LogP contribution is 2.31. The summed E-state index contributed by atoms with van der Waals surface area (Å²) in [4.78, 5) is 11.9. The van der Waals surface area contributed by atoms with Crippen molar-refractivity contribution in [3.63, 3.8) is 0 Å². The van der Waals surface area contributed by atoms with Crippen molar-refractivity contribution in [2.75, 3.05) is 18.4 Å². The van der Waals surface area contributed by atoms with Crippen LogP contribution in [-0.2, 0) is 21.0 Å². The van der Waals surface area contributed by atoms with Gasteiger partial charge in [0.05, 0.1) is 32.7 Å². The Hall–Kier alpha value is -1.81. The van der Waals surface area contributed by atoms with Gasteiger partial charge in [-0.05, 0) is 36.4 Å². The van der Waals surface area contributed by atoms with Crippen LogP contribution in [0.2, 0.25) is 10.0 Å². The van der Waals surface area contributed by atoms with E-state index in [2.05, 4.69) is 5.32 Å². The lowest BCUT2D eigenvalue weighted by atomic mass is 10.2. The number of benzene rings is 2. The van der Waals surface area contributed by atoms with E-state index in [9.17, 15) is 26.4 Å². The number of carbonyl (C=O) groups excluding carboxylic acids is 1. The third-order valence-electron chi connectivity index (χ3n) is 3.72. The van der Waals surface area contributed by atoms with Gasteiger partial charge in [0.15, 0.2) is 0 Å². The summed E-state index contributed by atoms with van der Waals surface area (Å²) < 4.78 is 64.1. The number of halogens is 5. The van der Waals surface area contributed by atoms with E-state index in [1.165, 1.54) is 19.1 Å². The fourth-order valence-corrected chi connectivity index (χ4v) is 4.19. The summed E-state index contributed by atoms with van der Waals surface area (Å²) >= 11 is 11.9. The third kappa shape index (κ3) is 5.16. The Labute approximate surface area is 170 Å². The molecule has 0 atom stereocenters. The zero-order valence-electron chi connectivity index (χ0n) is 14.4. The van der Waals surface area contributed by atoms with Crippen molar-refractivity contribution >= 4 is 44.8 Å². The minimum absolute atomic E-state index is 0.0764. The number of para-hydroxylation sites is 1. The SMILES string of the molecule is CCN(CC(=O)Nc1c(Cl)cccc1Cl)S(=O)(=O)c1ccc(C(F)(F)F)cc1. The van der Waals surface area contributed by atoms with E-state index in [1.54, 1.807) is 6.07 Å². The van der Waals surface area contributed by atoms with E-state index < -0.39 is 34.2 Å². The Balaban J connectivity index is 2.20. The lowest BCUT2D eigenvalue weighted by Gasteiger charge is -2.20. The van der Waals surface area contributed by atoms with Crippen molar-refractivity contribution in [3.8, 4) is 0 Å². The second kappa shape index (κ2) is 8.69. The first kappa shape index (κ1) is 22.5. The van der Waals surface area contributed by atoms with Gasteiger partial charge in [-0.1, -0.05) is 36.2 Å². The number of rotatable bonds is 6. The molecule has 2 aromatic carbocycles. The molecule has 1 N–H and O–H groups in total. The van der Waals surface area contributed by atoms with Gasteiger partial charge in [0, 0.05) is 6.54 Å². The second-order valence-electron chi connectivity index (χ2n) is 5.60. The summed E-state index contributed by atoms with van der Waals surface area (Å²) in [6.07, 6.45) is -4.58. The number of anilines is 1. The maximum Gasteiger partial charge on any atom is 0.416 e. The molecule has 0 saturated heterocycles. The number of likely N-dealkylation sites (N-methyl/N-ethyl adjacent to an activating group) is 1. The van der Waals surface area contributed by atoms with Crippen LogP contribution in [0.1, 0.15) is 12.5 Å². The molecule has 0 aliphatic carbocycles. The van der Waals surface area contributed by atoms with E-state index in [1.807, 2.05) is 0 Å². The molecular weight excluding hydrogens is 440 g/mol. The van der Waals surface area contributed by atoms with Crippen LogP contribution in [0.5, 0.6) is 0 Å². The molecule has 0 spiro atoms. The zero-order valence-corrected chi connectivity index (χ0v) is 16.8. The predicted octanol–water partition coefficient (Wildman–Crippen LogP) is 4.66. The van der Waals surface area contributed by atoms with Crippen LogP contribution < -0.4 is 5.32 Å². The number of hydrogen-bond acceptors (Lipinski definition) is 3. The van der Waals surface area contributed by atoms with Crippen LogP contribution in [0.25, 0.3) is 0 Å². The van der Waals surface area contributed by atoms with E-state index in [4.69, 9.17) is 23.2 Å². The van der Waals surface area contributed by atoms with Gasteiger partial charge in [0.25, 0.3) is 0 Å². The van der Waals surface area contributed by atoms with E-state index in [0.29, 0.717) is 12.1 Å². The molecule has 0 aliphatic heterocycles. The average Bonchev–Trinajstić information content (AvgIpc) is 2.62. The van der Waals surface area contributed by atoms with Crippen LogP contribution in [0.4, 0.5) is 18.9 Å². The standard InChI is InChI=1S/C17H15Cl2F3N2O3S/c1-2-24(10-15(25)23-16-13(18)4-3-5-14(16)19)28(26,27)12-8-6-11(7-9-12)17(20,21)22/h3-9H,2,10H2,1H3,(H,23,25). The second-order valence-corrected chi connectivity index (χ2v) is 8.35. The summed E-state index contributed by atoms with van der Waals surface area (Å²) in [6.45, 7) is 0.853. The molecule has 0 saturated carbocycles. The van der Waals surface area contributed by atoms with Crippen molar-refractivity contribution < 1.29 is 26.4 Å². The van der Waals surface area contributed by atoms with Gasteiger partial charge in [-0.3, -0.25) is 4.79 Å².